The Hall–Kier alpha value is -1.43. The van der Waals surface area contributed by atoms with Crippen molar-refractivity contribution in [3.63, 3.8) is 0 Å². The predicted molar refractivity (Wildman–Crippen MR) is 90.0 cm³/mol. The highest BCUT2D eigenvalue weighted by molar-refractivity contribution is 6.30. The average molecular weight is 338 g/mol. The summed E-state index contributed by atoms with van der Waals surface area (Å²) in [5.41, 5.74) is -0.0591. The third kappa shape index (κ3) is 4.53. The van der Waals surface area contributed by atoms with Crippen molar-refractivity contribution in [3.8, 4) is 0 Å². The fourth-order valence-electron chi connectivity index (χ4n) is 2.78. The number of aliphatic hydroxyl groups excluding tert-OH is 1. The molecular formula is C17H24ClN3O2. The predicted octanol–water partition coefficient (Wildman–Crippen LogP) is 2.86. The van der Waals surface area contributed by atoms with E-state index in [0.29, 0.717) is 17.5 Å². The summed E-state index contributed by atoms with van der Waals surface area (Å²) in [4.78, 5) is 3.95. The third-order valence-corrected chi connectivity index (χ3v) is 4.55. The van der Waals surface area contributed by atoms with Crippen molar-refractivity contribution in [2.75, 3.05) is 6.61 Å². The van der Waals surface area contributed by atoms with E-state index in [-0.39, 0.29) is 12.5 Å². The smallest absolute Gasteiger partial charge is 0.137 e. The monoisotopic (exact) mass is 337 g/mol. The summed E-state index contributed by atoms with van der Waals surface area (Å²) in [6.07, 6.45) is 5.51. The van der Waals surface area contributed by atoms with Gasteiger partial charge < -0.3 is 10.2 Å². The Labute approximate surface area is 141 Å². The molecule has 1 aromatic carbocycles. The van der Waals surface area contributed by atoms with Crippen molar-refractivity contribution in [2.24, 2.45) is 11.8 Å². The molecule has 126 valence electrons. The Kier molecular flexibility index (Phi) is 6.16. The van der Waals surface area contributed by atoms with Crippen LogP contribution in [0.2, 0.25) is 5.02 Å². The topological polar surface area (TPSA) is 71.2 Å². The first-order chi connectivity index (χ1) is 11.0. The minimum Gasteiger partial charge on any atom is -0.397 e. The minimum absolute atomic E-state index is 0.174. The minimum atomic E-state index is -0.945. The SMILES string of the molecule is CC(C1CC1)C(O)(Cn1cncn1)c1ccc(Cl)cc1.CCO. The Bertz CT molecular complexity index is 584. The lowest BCUT2D eigenvalue weighted by molar-refractivity contribution is -0.0442. The van der Waals surface area contributed by atoms with Crippen molar-refractivity contribution in [1.82, 2.24) is 14.8 Å². The fraction of sp³-hybridized carbons (Fsp3) is 0.529. The number of benzene rings is 1. The second-order valence-corrected chi connectivity index (χ2v) is 6.40. The quantitative estimate of drug-likeness (QED) is 0.880. The fourth-order valence-corrected chi connectivity index (χ4v) is 2.91. The van der Waals surface area contributed by atoms with Crippen molar-refractivity contribution >= 4 is 11.6 Å². The molecule has 1 fully saturated rings. The highest BCUT2D eigenvalue weighted by Crippen LogP contribution is 2.46. The lowest BCUT2D eigenvalue weighted by atomic mass is 9.79. The zero-order valence-electron chi connectivity index (χ0n) is 13.6. The van der Waals surface area contributed by atoms with E-state index in [1.807, 2.05) is 24.3 Å². The van der Waals surface area contributed by atoms with Crippen LogP contribution in [0.15, 0.2) is 36.9 Å². The van der Waals surface area contributed by atoms with Crippen LogP contribution in [-0.4, -0.2) is 31.6 Å². The summed E-state index contributed by atoms with van der Waals surface area (Å²) >= 11 is 5.95. The molecule has 2 unspecified atom stereocenters. The summed E-state index contributed by atoms with van der Waals surface area (Å²) in [6.45, 7) is 4.45. The number of halogens is 1. The van der Waals surface area contributed by atoms with E-state index in [9.17, 15) is 5.11 Å². The summed E-state index contributed by atoms with van der Waals surface area (Å²) < 4.78 is 1.69. The van der Waals surface area contributed by atoms with Gasteiger partial charge in [0.15, 0.2) is 0 Å². The molecule has 1 saturated carbocycles. The average Bonchev–Trinajstić information content (AvgIpc) is 3.26. The van der Waals surface area contributed by atoms with Crippen LogP contribution in [0.4, 0.5) is 0 Å². The molecule has 0 aliphatic heterocycles. The van der Waals surface area contributed by atoms with Crippen LogP contribution in [0, 0.1) is 11.8 Å². The first-order valence-electron chi connectivity index (χ1n) is 7.93. The number of hydrogen-bond donors (Lipinski definition) is 2. The van der Waals surface area contributed by atoms with Gasteiger partial charge in [-0.15, -0.1) is 0 Å². The second-order valence-electron chi connectivity index (χ2n) is 5.97. The maximum atomic E-state index is 11.3. The van der Waals surface area contributed by atoms with Crippen molar-refractivity contribution in [2.45, 2.75) is 38.8 Å². The Morgan fingerprint density at radius 3 is 2.43 bits per heavy atom. The highest BCUT2D eigenvalue weighted by atomic mass is 35.5. The molecule has 23 heavy (non-hydrogen) atoms. The zero-order chi connectivity index (χ0) is 16.9. The van der Waals surface area contributed by atoms with Gasteiger partial charge in [0.1, 0.15) is 18.3 Å². The molecule has 0 saturated heterocycles. The Morgan fingerprint density at radius 1 is 1.35 bits per heavy atom. The van der Waals surface area contributed by atoms with E-state index >= 15 is 0 Å². The Morgan fingerprint density at radius 2 is 1.96 bits per heavy atom. The number of aliphatic hydroxyl groups is 2. The van der Waals surface area contributed by atoms with Crippen LogP contribution < -0.4 is 0 Å². The lowest BCUT2D eigenvalue weighted by Crippen LogP contribution is -2.39. The molecule has 0 radical (unpaired) electrons. The number of hydrogen-bond acceptors (Lipinski definition) is 4. The normalized spacial score (nSPS) is 17.8. The molecule has 1 aliphatic rings. The van der Waals surface area contributed by atoms with Gasteiger partial charge in [-0.25, -0.2) is 9.67 Å². The van der Waals surface area contributed by atoms with E-state index < -0.39 is 5.60 Å². The van der Waals surface area contributed by atoms with E-state index in [4.69, 9.17) is 16.7 Å². The molecule has 2 atom stereocenters. The van der Waals surface area contributed by atoms with Gasteiger partial charge in [0, 0.05) is 11.6 Å². The van der Waals surface area contributed by atoms with Crippen LogP contribution in [0.3, 0.4) is 0 Å². The first kappa shape index (κ1) is 17.9. The van der Waals surface area contributed by atoms with Gasteiger partial charge in [-0.1, -0.05) is 30.7 Å². The number of aromatic nitrogens is 3. The van der Waals surface area contributed by atoms with Crippen LogP contribution in [-0.2, 0) is 12.1 Å². The van der Waals surface area contributed by atoms with E-state index in [2.05, 4.69) is 17.0 Å². The number of rotatable bonds is 5. The Balaban J connectivity index is 0.000000595. The molecule has 1 aromatic heterocycles. The van der Waals surface area contributed by atoms with Crippen molar-refractivity contribution < 1.29 is 10.2 Å². The van der Waals surface area contributed by atoms with Gasteiger partial charge >= 0.3 is 0 Å². The largest absolute Gasteiger partial charge is 0.397 e. The van der Waals surface area contributed by atoms with Crippen LogP contribution >= 0.6 is 11.6 Å². The molecule has 0 amide bonds. The van der Waals surface area contributed by atoms with Gasteiger partial charge in [0.05, 0.1) is 6.54 Å². The summed E-state index contributed by atoms with van der Waals surface area (Å²) in [5.74, 6) is 0.757. The van der Waals surface area contributed by atoms with Gasteiger partial charge in [0.2, 0.25) is 0 Å². The van der Waals surface area contributed by atoms with Crippen LogP contribution in [0.5, 0.6) is 0 Å². The molecule has 2 aromatic rings. The van der Waals surface area contributed by atoms with Crippen LogP contribution in [0.25, 0.3) is 0 Å². The molecule has 2 N–H and O–H groups in total. The van der Waals surface area contributed by atoms with Crippen molar-refractivity contribution in [1.29, 1.82) is 0 Å². The molecule has 1 aliphatic carbocycles. The summed E-state index contributed by atoms with van der Waals surface area (Å²) in [5, 5.41) is 23.7. The number of nitrogens with zero attached hydrogens (tertiary/aromatic N) is 3. The van der Waals surface area contributed by atoms with Gasteiger partial charge in [-0.2, -0.15) is 5.10 Å². The molecule has 0 bridgehead atoms. The van der Waals surface area contributed by atoms with Gasteiger partial charge in [0.25, 0.3) is 0 Å². The summed E-state index contributed by atoms with van der Waals surface area (Å²) in [7, 11) is 0. The second kappa shape index (κ2) is 7.90. The van der Waals surface area contributed by atoms with E-state index in [1.165, 1.54) is 19.2 Å². The maximum absolute atomic E-state index is 11.3. The van der Waals surface area contributed by atoms with Gasteiger partial charge in [-0.05, 0) is 49.3 Å². The van der Waals surface area contributed by atoms with E-state index in [0.717, 1.165) is 5.56 Å². The van der Waals surface area contributed by atoms with E-state index in [1.54, 1.807) is 17.9 Å². The molecule has 1 heterocycles. The molecule has 6 heteroatoms. The third-order valence-electron chi connectivity index (χ3n) is 4.30. The molecule has 0 spiro atoms. The van der Waals surface area contributed by atoms with Gasteiger partial charge in [-0.3, -0.25) is 0 Å². The molecular weight excluding hydrogens is 314 g/mol. The lowest BCUT2D eigenvalue weighted by Gasteiger charge is -2.35. The maximum Gasteiger partial charge on any atom is 0.137 e. The molecule has 3 rings (SSSR count). The van der Waals surface area contributed by atoms with Crippen molar-refractivity contribution in [3.05, 3.63) is 47.5 Å². The molecule has 5 nitrogen and oxygen atoms in total. The summed E-state index contributed by atoms with van der Waals surface area (Å²) in [6, 6.07) is 7.45. The van der Waals surface area contributed by atoms with Crippen LogP contribution in [0.1, 0.15) is 32.3 Å². The highest BCUT2D eigenvalue weighted by Gasteiger charge is 2.44. The zero-order valence-corrected chi connectivity index (χ0v) is 14.3. The standard InChI is InChI=1S/C15H18ClN3O.C2H6O/c1-11(12-2-3-12)15(20,8-19-10-17-9-18-19)13-4-6-14(16)7-5-13;1-2-3/h4-7,9-12,20H,2-3,8H2,1H3;3H,2H2,1H3. The first-order valence-corrected chi connectivity index (χ1v) is 8.30.